The van der Waals surface area contributed by atoms with Gasteiger partial charge in [0, 0.05) is 20.0 Å². The van der Waals surface area contributed by atoms with Crippen LogP contribution in [0.5, 0.6) is 0 Å². The number of para-hydroxylation sites is 1. The third-order valence-corrected chi connectivity index (χ3v) is 4.09. The smallest absolute Gasteiger partial charge is 0.339 e. The molecule has 0 radical (unpaired) electrons. The lowest BCUT2D eigenvalue weighted by molar-refractivity contribution is -0.121. The van der Waals surface area contributed by atoms with E-state index in [-0.39, 0.29) is 31.3 Å². The van der Waals surface area contributed by atoms with E-state index in [9.17, 15) is 14.4 Å². The van der Waals surface area contributed by atoms with Crippen molar-refractivity contribution in [3.63, 3.8) is 0 Å². The van der Waals surface area contributed by atoms with Crippen molar-refractivity contribution < 1.29 is 19.1 Å². The molecule has 0 spiro atoms. The van der Waals surface area contributed by atoms with Crippen LogP contribution >= 0.6 is 0 Å². The third-order valence-electron chi connectivity index (χ3n) is 4.09. The first kappa shape index (κ1) is 20.2. The maximum absolute atomic E-state index is 12.1. The number of amides is 2. The van der Waals surface area contributed by atoms with Crippen molar-refractivity contribution in [3.8, 4) is 0 Å². The second kappa shape index (κ2) is 9.52. The molecule has 0 saturated heterocycles. The number of aryl methyl sites for hydroxylation is 1. The molecule has 27 heavy (non-hydrogen) atoms. The van der Waals surface area contributed by atoms with Crippen molar-refractivity contribution in [3.05, 3.63) is 65.2 Å². The monoisotopic (exact) mass is 368 g/mol. The zero-order chi connectivity index (χ0) is 19.8. The van der Waals surface area contributed by atoms with Gasteiger partial charge < -0.3 is 15.0 Å². The number of carbonyl (C=O) groups is 3. The first-order valence-corrected chi connectivity index (χ1v) is 8.70. The number of benzene rings is 2. The number of hydrogen-bond donors (Lipinski definition) is 1. The van der Waals surface area contributed by atoms with Crippen LogP contribution in [0, 0.1) is 6.92 Å². The van der Waals surface area contributed by atoms with E-state index in [4.69, 9.17) is 4.74 Å². The first-order chi connectivity index (χ1) is 12.9. The fourth-order valence-corrected chi connectivity index (χ4v) is 2.82. The Bertz CT molecular complexity index is 832. The van der Waals surface area contributed by atoms with Gasteiger partial charge in [-0.3, -0.25) is 9.59 Å². The molecule has 0 aliphatic heterocycles. The van der Waals surface area contributed by atoms with Gasteiger partial charge in [0.15, 0.2) is 0 Å². The molecule has 6 nitrogen and oxygen atoms in total. The van der Waals surface area contributed by atoms with Crippen LogP contribution in [-0.2, 0) is 20.7 Å². The molecule has 6 heteroatoms. The zero-order valence-corrected chi connectivity index (χ0v) is 15.8. The van der Waals surface area contributed by atoms with Crippen molar-refractivity contribution >= 4 is 23.5 Å². The molecule has 0 aliphatic carbocycles. The molecule has 0 fully saturated rings. The Labute approximate surface area is 159 Å². The average molecular weight is 368 g/mol. The predicted molar refractivity (Wildman–Crippen MR) is 104 cm³/mol. The van der Waals surface area contributed by atoms with E-state index in [0.717, 1.165) is 11.1 Å². The summed E-state index contributed by atoms with van der Waals surface area (Å²) in [5.74, 6) is -0.857. The van der Waals surface area contributed by atoms with Gasteiger partial charge in [0.2, 0.25) is 11.8 Å². The lowest BCUT2D eigenvalue weighted by Crippen LogP contribution is -2.38. The van der Waals surface area contributed by atoms with Gasteiger partial charge >= 0.3 is 5.97 Å². The largest absolute Gasteiger partial charge is 0.465 e. The summed E-state index contributed by atoms with van der Waals surface area (Å²) in [6, 6.07) is 14.5. The minimum absolute atomic E-state index is 0.120. The van der Waals surface area contributed by atoms with Gasteiger partial charge in [-0.2, -0.15) is 0 Å². The Morgan fingerprint density at radius 1 is 1.07 bits per heavy atom. The quantitative estimate of drug-likeness (QED) is 0.762. The van der Waals surface area contributed by atoms with Crippen LogP contribution in [0.15, 0.2) is 48.5 Å². The molecule has 142 valence electrons. The van der Waals surface area contributed by atoms with Crippen molar-refractivity contribution in [2.75, 3.05) is 25.1 Å². The molecule has 0 unspecified atom stereocenters. The second-order valence-electron chi connectivity index (χ2n) is 6.20. The molecule has 2 aromatic carbocycles. The molecule has 0 aromatic heterocycles. The average Bonchev–Trinajstić information content (AvgIpc) is 2.64. The maximum Gasteiger partial charge on any atom is 0.339 e. The van der Waals surface area contributed by atoms with E-state index in [1.807, 2.05) is 31.2 Å². The number of methoxy groups -OCH3 is 1. The van der Waals surface area contributed by atoms with Gasteiger partial charge in [-0.05, 0) is 24.6 Å². The van der Waals surface area contributed by atoms with E-state index in [1.54, 1.807) is 24.3 Å². The summed E-state index contributed by atoms with van der Waals surface area (Å²) in [6.07, 6.45) is 0.278. The van der Waals surface area contributed by atoms with Gasteiger partial charge in [0.25, 0.3) is 0 Å². The van der Waals surface area contributed by atoms with Crippen LogP contribution in [-0.4, -0.2) is 38.0 Å². The van der Waals surface area contributed by atoms with Crippen LogP contribution in [0.2, 0.25) is 0 Å². The summed E-state index contributed by atoms with van der Waals surface area (Å²) in [5.41, 5.74) is 2.81. The zero-order valence-electron chi connectivity index (χ0n) is 15.8. The van der Waals surface area contributed by atoms with E-state index in [0.29, 0.717) is 11.3 Å². The molecule has 0 heterocycles. The first-order valence-electron chi connectivity index (χ1n) is 8.70. The molecule has 0 saturated carbocycles. The Balaban J connectivity index is 2.00. The third kappa shape index (κ3) is 5.67. The Morgan fingerprint density at radius 3 is 2.48 bits per heavy atom. The standard InChI is InChI=1S/C21H24N2O4/c1-15-7-6-8-17(13-15)14-20(25)22-11-12-23(16(2)24)19-10-5-4-9-18(19)21(26)27-3/h4-10,13H,11-12,14H2,1-3H3,(H,22,25). The molecule has 2 amide bonds. The van der Waals surface area contributed by atoms with E-state index < -0.39 is 5.97 Å². The molecule has 2 aromatic rings. The molecule has 2 rings (SSSR count). The fourth-order valence-electron chi connectivity index (χ4n) is 2.82. The molecular weight excluding hydrogens is 344 g/mol. The number of nitrogens with one attached hydrogen (secondary N) is 1. The van der Waals surface area contributed by atoms with E-state index in [2.05, 4.69) is 5.32 Å². The summed E-state index contributed by atoms with van der Waals surface area (Å²) in [7, 11) is 1.29. The van der Waals surface area contributed by atoms with Crippen LogP contribution in [0.1, 0.15) is 28.4 Å². The van der Waals surface area contributed by atoms with Crippen LogP contribution < -0.4 is 10.2 Å². The topological polar surface area (TPSA) is 75.7 Å². The van der Waals surface area contributed by atoms with Crippen molar-refractivity contribution in [1.82, 2.24) is 5.32 Å². The fraction of sp³-hybridized carbons (Fsp3) is 0.286. The lowest BCUT2D eigenvalue weighted by Gasteiger charge is -2.23. The lowest BCUT2D eigenvalue weighted by atomic mass is 10.1. The molecule has 0 bridgehead atoms. The number of ether oxygens (including phenoxy) is 1. The second-order valence-corrected chi connectivity index (χ2v) is 6.20. The number of anilines is 1. The van der Waals surface area contributed by atoms with Gasteiger partial charge in [-0.1, -0.05) is 42.0 Å². The van der Waals surface area contributed by atoms with Gasteiger partial charge in [0.05, 0.1) is 24.8 Å². The minimum atomic E-state index is -0.514. The highest BCUT2D eigenvalue weighted by molar-refractivity contribution is 6.01. The van der Waals surface area contributed by atoms with Crippen LogP contribution in [0.3, 0.4) is 0 Å². The summed E-state index contributed by atoms with van der Waals surface area (Å²) in [6.45, 7) is 3.93. The summed E-state index contributed by atoms with van der Waals surface area (Å²) in [5, 5.41) is 2.82. The highest BCUT2D eigenvalue weighted by atomic mass is 16.5. The van der Waals surface area contributed by atoms with Crippen molar-refractivity contribution in [1.29, 1.82) is 0 Å². The van der Waals surface area contributed by atoms with E-state index >= 15 is 0 Å². The highest BCUT2D eigenvalue weighted by Crippen LogP contribution is 2.21. The number of nitrogens with zero attached hydrogens (tertiary/aromatic N) is 1. The molecule has 0 aliphatic rings. The van der Waals surface area contributed by atoms with Gasteiger partial charge in [-0.15, -0.1) is 0 Å². The summed E-state index contributed by atoms with van der Waals surface area (Å²) >= 11 is 0. The van der Waals surface area contributed by atoms with Crippen LogP contribution in [0.25, 0.3) is 0 Å². The molecule has 1 N–H and O–H groups in total. The number of rotatable bonds is 7. The van der Waals surface area contributed by atoms with Gasteiger partial charge in [0.1, 0.15) is 0 Å². The summed E-state index contributed by atoms with van der Waals surface area (Å²) < 4.78 is 4.78. The Morgan fingerprint density at radius 2 is 1.81 bits per heavy atom. The number of hydrogen-bond acceptors (Lipinski definition) is 4. The Kier molecular flexibility index (Phi) is 7.11. The highest BCUT2D eigenvalue weighted by Gasteiger charge is 2.19. The van der Waals surface area contributed by atoms with Crippen LogP contribution in [0.4, 0.5) is 5.69 Å². The normalized spacial score (nSPS) is 10.2. The SMILES string of the molecule is COC(=O)c1ccccc1N(CCNC(=O)Cc1cccc(C)c1)C(C)=O. The summed E-state index contributed by atoms with van der Waals surface area (Å²) in [4.78, 5) is 37.6. The van der Waals surface area contributed by atoms with Gasteiger partial charge in [-0.25, -0.2) is 4.79 Å². The van der Waals surface area contributed by atoms with Crippen molar-refractivity contribution in [2.45, 2.75) is 20.3 Å². The van der Waals surface area contributed by atoms with Crippen molar-refractivity contribution in [2.24, 2.45) is 0 Å². The minimum Gasteiger partial charge on any atom is -0.465 e. The molecular formula is C21H24N2O4. The predicted octanol–water partition coefficient (Wildman–Crippen LogP) is 2.49. The maximum atomic E-state index is 12.1. The van der Waals surface area contributed by atoms with E-state index in [1.165, 1.54) is 18.9 Å². The number of carbonyl (C=O) groups excluding carboxylic acids is 3. The number of esters is 1. The Hall–Kier alpha value is -3.15. The molecule has 0 atom stereocenters.